The standard InChI is InChI=1S/C21H18ClF3N4O2/c22-17-9-26-6-5-16(17)20-19(13-1-3-14(4-2-13)21(23,24)25)27-10-18(28-20)29-7-8-31-15(11-29)12-30/h1-6,9-10,15,30H,7-8,11-12H2/t15-/m0/s1. The fraction of sp³-hybridized carbons (Fsp3) is 0.286. The van der Waals surface area contributed by atoms with E-state index in [0.29, 0.717) is 53.1 Å². The zero-order valence-electron chi connectivity index (χ0n) is 16.2. The molecule has 1 saturated heterocycles. The highest BCUT2D eigenvalue weighted by Crippen LogP contribution is 2.36. The Morgan fingerprint density at radius 3 is 2.58 bits per heavy atom. The Morgan fingerprint density at radius 2 is 1.90 bits per heavy atom. The molecule has 3 aromatic rings. The third kappa shape index (κ3) is 4.63. The number of rotatable bonds is 4. The minimum absolute atomic E-state index is 0.114. The van der Waals surface area contributed by atoms with E-state index >= 15 is 0 Å². The van der Waals surface area contributed by atoms with Gasteiger partial charge < -0.3 is 14.7 Å². The van der Waals surface area contributed by atoms with Gasteiger partial charge in [0.05, 0.1) is 41.8 Å². The summed E-state index contributed by atoms with van der Waals surface area (Å²) in [6.07, 6.45) is -0.171. The second kappa shape index (κ2) is 8.78. The van der Waals surface area contributed by atoms with Gasteiger partial charge in [-0.15, -0.1) is 0 Å². The molecule has 0 saturated carbocycles. The van der Waals surface area contributed by atoms with Crippen LogP contribution in [0.25, 0.3) is 22.5 Å². The topological polar surface area (TPSA) is 71.4 Å². The Morgan fingerprint density at radius 1 is 1.13 bits per heavy atom. The van der Waals surface area contributed by atoms with Gasteiger partial charge in [0, 0.05) is 36.6 Å². The van der Waals surface area contributed by atoms with Crippen molar-refractivity contribution in [1.82, 2.24) is 15.0 Å². The van der Waals surface area contributed by atoms with Crippen LogP contribution in [0, 0.1) is 0 Å². The minimum Gasteiger partial charge on any atom is -0.394 e. The van der Waals surface area contributed by atoms with Crippen LogP contribution in [0.15, 0.2) is 48.9 Å². The summed E-state index contributed by atoms with van der Waals surface area (Å²) in [6.45, 7) is 1.32. The van der Waals surface area contributed by atoms with Crippen LogP contribution in [0.4, 0.5) is 19.0 Å². The summed E-state index contributed by atoms with van der Waals surface area (Å²) in [7, 11) is 0. The zero-order valence-corrected chi connectivity index (χ0v) is 16.9. The van der Waals surface area contributed by atoms with Crippen LogP contribution in [0.5, 0.6) is 0 Å². The summed E-state index contributed by atoms with van der Waals surface area (Å²) >= 11 is 6.34. The minimum atomic E-state index is -4.43. The molecule has 0 radical (unpaired) electrons. The molecule has 1 atom stereocenters. The van der Waals surface area contributed by atoms with E-state index in [0.717, 1.165) is 12.1 Å². The van der Waals surface area contributed by atoms with Crippen molar-refractivity contribution in [3.05, 3.63) is 59.5 Å². The van der Waals surface area contributed by atoms with Gasteiger partial charge in [-0.3, -0.25) is 9.97 Å². The lowest BCUT2D eigenvalue weighted by Crippen LogP contribution is -2.44. The lowest BCUT2D eigenvalue weighted by Gasteiger charge is -2.33. The Labute approximate surface area is 181 Å². The summed E-state index contributed by atoms with van der Waals surface area (Å²) in [4.78, 5) is 15.2. The molecule has 0 unspecified atom stereocenters. The molecule has 0 aliphatic carbocycles. The molecular formula is C21H18ClF3N4O2. The molecule has 2 aromatic heterocycles. The maximum Gasteiger partial charge on any atom is 0.416 e. The SMILES string of the molecule is OC[C@@H]1CN(c2cnc(-c3ccc(C(F)(F)F)cc3)c(-c3ccncc3Cl)n2)CCO1. The number of hydrogen-bond donors (Lipinski definition) is 1. The third-order valence-electron chi connectivity index (χ3n) is 4.94. The first-order valence-electron chi connectivity index (χ1n) is 9.49. The number of benzene rings is 1. The number of aliphatic hydroxyl groups is 1. The number of aromatic nitrogens is 3. The maximum absolute atomic E-state index is 13.0. The van der Waals surface area contributed by atoms with Crippen LogP contribution in [-0.2, 0) is 10.9 Å². The number of nitrogens with zero attached hydrogens (tertiary/aromatic N) is 4. The summed E-state index contributed by atoms with van der Waals surface area (Å²) in [5, 5.41) is 9.75. The Balaban J connectivity index is 1.79. The molecule has 0 bridgehead atoms. The molecule has 0 spiro atoms. The van der Waals surface area contributed by atoms with Gasteiger partial charge in [-0.1, -0.05) is 23.7 Å². The van der Waals surface area contributed by atoms with E-state index < -0.39 is 11.7 Å². The largest absolute Gasteiger partial charge is 0.416 e. The first kappa shape index (κ1) is 21.5. The highest BCUT2D eigenvalue weighted by atomic mass is 35.5. The van der Waals surface area contributed by atoms with Gasteiger partial charge in [-0.05, 0) is 18.2 Å². The van der Waals surface area contributed by atoms with Gasteiger partial charge in [0.1, 0.15) is 11.5 Å². The van der Waals surface area contributed by atoms with Crippen molar-refractivity contribution in [2.75, 3.05) is 31.2 Å². The van der Waals surface area contributed by atoms with Gasteiger partial charge in [0.15, 0.2) is 0 Å². The number of alkyl halides is 3. The first-order chi connectivity index (χ1) is 14.9. The molecule has 1 N–H and O–H groups in total. The Bertz CT molecular complexity index is 1060. The molecule has 1 aromatic carbocycles. The smallest absolute Gasteiger partial charge is 0.394 e. The number of halogens is 4. The van der Waals surface area contributed by atoms with Crippen molar-refractivity contribution in [3.8, 4) is 22.5 Å². The van der Waals surface area contributed by atoms with Crippen LogP contribution < -0.4 is 4.90 Å². The van der Waals surface area contributed by atoms with Crippen LogP contribution in [-0.4, -0.2) is 52.5 Å². The van der Waals surface area contributed by atoms with Crippen molar-refractivity contribution >= 4 is 17.4 Å². The zero-order chi connectivity index (χ0) is 22.0. The molecule has 6 nitrogen and oxygen atoms in total. The summed E-state index contributed by atoms with van der Waals surface area (Å²) < 4.78 is 44.3. The molecule has 162 valence electrons. The number of morpholine rings is 1. The Kier molecular flexibility index (Phi) is 6.08. The van der Waals surface area contributed by atoms with Crippen LogP contribution in [0.3, 0.4) is 0 Å². The highest BCUT2D eigenvalue weighted by molar-refractivity contribution is 6.33. The number of ether oxygens (including phenoxy) is 1. The molecule has 1 fully saturated rings. The molecule has 4 rings (SSSR count). The van der Waals surface area contributed by atoms with E-state index in [9.17, 15) is 18.3 Å². The molecule has 31 heavy (non-hydrogen) atoms. The van der Waals surface area contributed by atoms with E-state index in [-0.39, 0.29) is 12.7 Å². The van der Waals surface area contributed by atoms with Crippen LogP contribution in [0.2, 0.25) is 5.02 Å². The van der Waals surface area contributed by atoms with Gasteiger partial charge in [-0.25, -0.2) is 4.98 Å². The fourth-order valence-corrected chi connectivity index (χ4v) is 3.56. The van der Waals surface area contributed by atoms with E-state index in [1.807, 2.05) is 4.90 Å². The van der Waals surface area contributed by atoms with E-state index in [4.69, 9.17) is 21.3 Å². The third-order valence-corrected chi connectivity index (χ3v) is 5.24. The monoisotopic (exact) mass is 450 g/mol. The fourth-order valence-electron chi connectivity index (χ4n) is 3.35. The average molecular weight is 451 g/mol. The molecule has 1 aliphatic rings. The van der Waals surface area contributed by atoms with Crippen molar-refractivity contribution in [2.45, 2.75) is 12.3 Å². The molecule has 10 heteroatoms. The lowest BCUT2D eigenvalue weighted by atomic mass is 10.0. The van der Waals surface area contributed by atoms with Crippen molar-refractivity contribution < 1.29 is 23.0 Å². The summed E-state index contributed by atoms with van der Waals surface area (Å²) in [6, 6.07) is 6.43. The molecule has 0 amide bonds. The van der Waals surface area contributed by atoms with E-state index in [2.05, 4.69) is 9.97 Å². The average Bonchev–Trinajstić information content (AvgIpc) is 2.78. The second-order valence-electron chi connectivity index (χ2n) is 6.98. The summed E-state index contributed by atoms with van der Waals surface area (Å²) in [5.41, 5.74) is 1.12. The quantitative estimate of drug-likeness (QED) is 0.646. The first-order valence-corrected chi connectivity index (χ1v) is 9.86. The van der Waals surface area contributed by atoms with Gasteiger partial charge in [-0.2, -0.15) is 13.2 Å². The van der Waals surface area contributed by atoms with Gasteiger partial charge in [0.2, 0.25) is 0 Å². The van der Waals surface area contributed by atoms with Crippen molar-refractivity contribution in [2.24, 2.45) is 0 Å². The van der Waals surface area contributed by atoms with E-state index in [1.54, 1.807) is 18.5 Å². The van der Waals surface area contributed by atoms with Crippen LogP contribution in [0.1, 0.15) is 5.56 Å². The summed E-state index contributed by atoms with van der Waals surface area (Å²) in [5.74, 6) is 0.556. The lowest BCUT2D eigenvalue weighted by molar-refractivity contribution is -0.137. The normalized spacial score (nSPS) is 17.1. The van der Waals surface area contributed by atoms with E-state index in [1.165, 1.54) is 18.3 Å². The van der Waals surface area contributed by atoms with Gasteiger partial charge >= 0.3 is 6.18 Å². The number of anilines is 1. The molecular weight excluding hydrogens is 433 g/mol. The highest BCUT2D eigenvalue weighted by Gasteiger charge is 2.30. The van der Waals surface area contributed by atoms with Crippen molar-refractivity contribution in [1.29, 1.82) is 0 Å². The van der Waals surface area contributed by atoms with Crippen molar-refractivity contribution in [3.63, 3.8) is 0 Å². The number of aliphatic hydroxyl groups excluding tert-OH is 1. The van der Waals surface area contributed by atoms with Crippen LogP contribution >= 0.6 is 11.6 Å². The second-order valence-corrected chi connectivity index (χ2v) is 7.38. The van der Waals surface area contributed by atoms with Gasteiger partial charge in [0.25, 0.3) is 0 Å². The predicted octanol–water partition coefficient (Wildman–Crippen LogP) is 4.08. The number of hydrogen-bond acceptors (Lipinski definition) is 6. The predicted molar refractivity (Wildman–Crippen MR) is 110 cm³/mol. The Hall–Kier alpha value is -2.75. The maximum atomic E-state index is 13.0. The molecule has 3 heterocycles. The molecule has 1 aliphatic heterocycles. The number of pyridine rings is 1.